The Hall–Kier alpha value is -2.29. The van der Waals surface area contributed by atoms with Crippen LogP contribution in [0.5, 0.6) is 11.5 Å². The highest BCUT2D eigenvalue weighted by molar-refractivity contribution is 6.21. The first-order valence-electron chi connectivity index (χ1n) is 5.66. The van der Waals surface area contributed by atoms with Crippen LogP contribution in [0.25, 0.3) is 16.8 Å². The van der Waals surface area contributed by atoms with Crippen LogP contribution in [0.3, 0.4) is 0 Å². The van der Waals surface area contributed by atoms with Crippen LogP contribution in [0.15, 0.2) is 30.3 Å². The molecule has 0 bridgehead atoms. The molecule has 0 spiro atoms. The van der Waals surface area contributed by atoms with Crippen molar-refractivity contribution in [1.29, 1.82) is 0 Å². The van der Waals surface area contributed by atoms with E-state index in [1.54, 1.807) is 26.4 Å². The van der Waals surface area contributed by atoms with Gasteiger partial charge in [0.05, 0.1) is 14.2 Å². The summed E-state index contributed by atoms with van der Waals surface area (Å²) in [6.07, 6.45) is 3.42. The van der Waals surface area contributed by atoms with Gasteiger partial charge in [-0.25, -0.2) is 0 Å². The maximum absolute atomic E-state index is 12.0. The van der Waals surface area contributed by atoms with Gasteiger partial charge in [0.25, 0.3) is 0 Å². The highest BCUT2D eigenvalue weighted by Gasteiger charge is 2.20. The van der Waals surface area contributed by atoms with Crippen LogP contribution in [0, 0.1) is 0 Å². The number of hydrogen-bond donors (Lipinski definition) is 0. The average molecular weight is 240 g/mol. The molecule has 0 unspecified atom stereocenters. The molecule has 1 aliphatic rings. The molecule has 2 aromatic carbocycles. The van der Waals surface area contributed by atoms with Crippen molar-refractivity contribution in [2.24, 2.45) is 0 Å². The van der Waals surface area contributed by atoms with Crippen molar-refractivity contribution in [3.05, 3.63) is 41.5 Å². The third kappa shape index (κ3) is 1.34. The molecule has 0 N–H and O–H groups in total. The second kappa shape index (κ2) is 3.88. The molecule has 0 amide bonds. The van der Waals surface area contributed by atoms with Gasteiger partial charge in [-0.1, -0.05) is 24.3 Å². The van der Waals surface area contributed by atoms with Crippen LogP contribution >= 0.6 is 0 Å². The maximum atomic E-state index is 12.0. The molecule has 2 aromatic rings. The van der Waals surface area contributed by atoms with Gasteiger partial charge in [0.15, 0.2) is 17.3 Å². The van der Waals surface area contributed by atoms with Crippen LogP contribution < -0.4 is 9.47 Å². The van der Waals surface area contributed by atoms with Crippen molar-refractivity contribution < 1.29 is 14.3 Å². The van der Waals surface area contributed by atoms with Crippen molar-refractivity contribution in [3.8, 4) is 11.5 Å². The fraction of sp³-hybridized carbons (Fsp3) is 0.133. The molecule has 0 aromatic heterocycles. The quantitative estimate of drug-likeness (QED) is 0.809. The number of benzene rings is 2. The molecule has 3 heteroatoms. The standard InChI is InChI=1S/C15H12O3/c1-17-13-8-11-12(16)7-6-9-4-3-5-10(14(9)11)15(13)18-2/h3-8H,1-2H3. The predicted molar refractivity (Wildman–Crippen MR) is 70.4 cm³/mol. The topological polar surface area (TPSA) is 35.5 Å². The molecule has 3 rings (SSSR count). The maximum Gasteiger partial charge on any atom is 0.186 e. The predicted octanol–water partition coefficient (Wildman–Crippen LogP) is 3.07. The largest absolute Gasteiger partial charge is 0.493 e. The second-order valence-electron chi connectivity index (χ2n) is 4.13. The smallest absolute Gasteiger partial charge is 0.186 e. The molecule has 0 aliphatic heterocycles. The lowest BCUT2D eigenvalue weighted by Gasteiger charge is -2.17. The SMILES string of the molecule is COc1cc2c3c(cccc3c1OC)C=CC2=O. The van der Waals surface area contributed by atoms with Gasteiger partial charge in [-0.05, 0) is 17.7 Å². The number of hydrogen-bond acceptors (Lipinski definition) is 3. The zero-order chi connectivity index (χ0) is 12.7. The normalized spacial score (nSPS) is 12.9. The Morgan fingerprint density at radius 1 is 1.06 bits per heavy atom. The van der Waals surface area contributed by atoms with Crippen LogP contribution in [-0.2, 0) is 0 Å². The number of rotatable bonds is 2. The number of ether oxygens (including phenoxy) is 2. The Labute approximate surface area is 105 Å². The van der Waals surface area contributed by atoms with Crippen LogP contribution in [0.2, 0.25) is 0 Å². The van der Waals surface area contributed by atoms with E-state index in [-0.39, 0.29) is 5.78 Å². The Morgan fingerprint density at radius 2 is 1.89 bits per heavy atom. The van der Waals surface area contributed by atoms with E-state index in [1.807, 2.05) is 24.3 Å². The highest BCUT2D eigenvalue weighted by atomic mass is 16.5. The molecular weight excluding hydrogens is 228 g/mol. The lowest BCUT2D eigenvalue weighted by molar-refractivity contribution is 0.104. The van der Waals surface area contributed by atoms with E-state index >= 15 is 0 Å². The molecule has 0 heterocycles. The molecule has 3 nitrogen and oxygen atoms in total. The molecule has 0 saturated carbocycles. The summed E-state index contributed by atoms with van der Waals surface area (Å²) in [4.78, 5) is 12.0. The summed E-state index contributed by atoms with van der Waals surface area (Å²) >= 11 is 0. The minimum atomic E-state index is -0.000321. The summed E-state index contributed by atoms with van der Waals surface area (Å²) in [5.74, 6) is 1.25. The summed E-state index contributed by atoms with van der Waals surface area (Å²) in [6.45, 7) is 0. The second-order valence-corrected chi connectivity index (χ2v) is 4.13. The first-order valence-corrected chi connectivity index (χ1v) is 5.66. The number of allylic oxidation sites excluding steroid dienone is 1. The van der Waals surface area contributed by atoms with Gasteiger partial charge < -0.3 is 9.47 Å². The van der Waals surface area contributed by atoms with E-state index in [9.17, 15) is 4.79 Å². The van der Waals surface area contributed by atoms with Crippen LogP contribution in [0.4, 0.5) is 0 Å². The van der Waals surface area contributed by atoms with Crippen molar-refractivity contribution in [2.45, 2.75) is 0 Å². The molecule has 90 valence electrons. The Balaban J connectivity index is 2.51. The van der Waals surface area contributed by atoms with E-state index in [2.05, 4.69) is 0 Å². The zero-order valence-corrected chi connectivity index (χ0v) is 10.2. The minimum absolute atomic E-state index is 0.000321. The zero-order valence-electron chi connectivity index (χ0n) is 10.2. The van der Waals surface area contributed by atoms with Crippen molar-refractivity contribution >= 4 is 22.6 Å². The van der Waals surface area contributed by atoms with E-state index in [0.29, 0.717) is 17.1 Å². The summed E-state index contributed by atoms with van der Waals surface area (Å²) < 4.78 is 10.7. The first-order chi connectivity index (χ1) is 8.76. The third-order valence-corrected chi connectivity index (χ3v) is 3.21. The fourth-order valence-electron chi connectivity index (χ4n) is 2.41. The van der Waals surface area contributed by atoms with Gasteiger partial charge >= 0.3 is 0 Å². The molecule has 1 aliphatic carbocycles. The molecule has 18 heavy (non-hydrogen) atoms. The van der Waals surface area contributed by atoms with Gasteiger partial charge in [-0.15, -0.1) is 0 Å². The lowest BCUT2D eigenvalue weighted by Crippen LogP contribution is -2.04. The number of carbonyl (C=O) groups excluding carboxylic acids is 1. The van der Waals surface area contributed by atoms with Crippen molar-refractivity contribution in [1.82, 2.24) is 0 Å². The molecule has 0 saturated heterocycles. The molecule has 0 radical (unpaired) electrons. The van der Waals surface area contributed by atoms with E-state index in [4.69, 9.17) is 9.47 Å². The molecular formula is C15H12O3. The minimum Gasteiger partial charge on any atom is -0.493 e. The first kappa shape index (κ1) is 10.8. The van der Waals surface area contributed by atoms with Crippen molar-refractivity contribution in [3.63, 3.8) is 0 Å². The van der Waals surface area contributed by atoms with E-state index in [0.717, 1.165) is 16.3 Å². The lowest BCUT2D eigenvalue weighted by atomic mass is 9.91. The van der Waals surface area contributed by atoms with Gasteiger partial charge in [-0.3, -0.25) is 4.79 Å². The van der Waals surface area contributed by atoms with Crippen molar-refractivity contribution in [2.75, 3.05) is 14.2 Å². The Kier molecular flexibility index (Phi) is 2.33. The summed E-state index contributed by atoms with van der Waals surface area (Å²) in [6, 6.07) is 7.62. The van der Waals surface area contributed by atoms with Gasteiger partial charge in [-0.2, -0.15) is 0 Å². The summed E-state index contributed by atoms with van der Waals surface area (Å²) in [5, 5.41) is 1.84. The van der Waals surface area contributed by atoms with Crippen LogP contribution in [0.1, 0.15) is 15.9 Å². The summed E-state index contributed by atoms with van der Waals surface area (Å²) in [5.41, 5.74) is 1.70. The summed E-state index contributed by atoms with van der Waals surface area (Å²) in [7, 11) is 3.18. The monoisotopic (exact) mass is 240 g/mol. The highest BCUT2D eigenvalue weighted by Crippen LogP contribution is 2.41. The molecule has 0 atom stereocenters. The Morgan fingerprint density at radius 3 is 2.61 bits per heavy atom. The number of ketones is 1. The Bertz CT molecular complexity index is 684. The van der Waals surface area contributed by atoms with Gasteiger partial charge in [0.2, 0.25) is 0 Å². The average Bonchev–Trinajstić information content (AvgIpc) is 2.42. The van der Waals surface area contributed by atoms with Gasteiger partial charge in [0.1, 0.15) is 0 Å². The fourth-order valence-corrected chi connectivity index (χ4v) is 2.41. The van der Waals surface area contributed by atoms with Crippen LogP contribution in [-0.4, -0.2) is 20.0 Å². The number of carbonyl (C=O) groups is 1. The molecule has 0 fully saturated rings. The third-order valence-electron chi connectivity index (χ3n) is 3.21. The van der Waals surface area contributed by atoms with E-state index in [1.165, 1.54) is 0 Å². The number of methoxy groups -OCH3 is 2. The van der Waals surface area contributed by atoms with E-state index < -0.39 is 0 Å². The van der Waals surface area contributed by atoms with Gasteiger partial charge in [0, 0.05) is 16.3 Å².